The summed E-state index contributed by atoms with van der Waals surface area (Å²) >= 11 is 0. The first-order chi connectivity index (χ1) is 8.19. The Morgan fingerprint density at radius 3 is 2.71 bits per heavy atom. The van der Waals surface area contributed by atoms with Crippen LogP contribution in [-0.2, 0) is 6.54 Å². The first-order valence-corrected chi connectivity index (χ1v) is 6.27. The highest BCUT2D eigenvalue weighted by Gasteiger charge is 2.17. The van der Waals surface area contributed by atoms with Gasteiger partial charge in [-0.3, -0.25) is 0 Å². The van der Waals surface area contributed by atoms with Gasteiger partial charge < -0.3 is 10.4 Å². The smallest absolute Gasteiger partial charge is 0.0494 e. The van der Waals surface area contributed by atoms with Crippen LogP contribution in [0.15, 0.2) is 30.4 Å². The summed E-state index contributed by atoms with van der Waals surface area (Å²) in [7, 11) is 0. The van der Waals surface area contributed by atoms with Crippen molar-refractivity contribution in [3.05, 3.63) is 47.0 Å². The van der Waals surface area contributed by atoms with Crippen LogP contribution < -0.4 is 5.32 Å². The van der Waals surface area contributed by atoms with Crippen LogP contribution in [0.1, 0.15) is 23.1 Å². The summed E-state index contributed by atoms with van der Waals surface area (Å²) in [6.45, 7) is 5.45. The zero-order valence-electron chi connectivity index (χ0n) is 10.6. The molecule has 0 saturated heterocycles. The molecule has 2 N–H and O–H groups in total. The van der Waals surface area contributed by atoms with Gasteiger partial charge in [0.25, 0.3) is 0 Å². The third kappa shape index (κ3) is 3.18. The highest BCUT2D eigenvalue weighted by Crippen LogP contribution is 2.17. The lowest BCUT2D eigenvalue weighted by Gasteiger charge is -2.13. The van der Waals surface area contributed by atoms with Gasteiger partial charge in [0.2, 0.25) is 0 Å². The number of nitrogens with one attached hydrogen (secondary N) is 1. The molecule has 2 heteroatoms. The number of aryl methyl sites for hydroxylation is 2. The average Bonchev–Trinajstić information content (AvgIpc) is 2.79. The predicted molar refractivity (Wildman–Crippen MR) is 70.9 cm³/mol. The van der Waals surface area contributed by atoms with Crippen LogP contribution >= 0.6 is 0 Å². The minimum absolute atomic E-state index is 0.262. The lowest BCUT2D eigenvalue weighted by atomic mass is 10.1. The van der Waals surface area contributed by atoms with Gasteiger partial charge in [-0.05, 0) is 37.0 Å². The molecule has 17 heavy (non-hydrogen) atoms. The molecule has 1 aliphatic rings. The molecule has 2 rings (SSSR count). The summed E-state index contributed by atoms with van der Waals surface area (Å²) in [5, 5.41) is 12.6. The molecule has 0 heterocycles. The normalized spacial score (nSPS) is 23.2. The Morgan fingerprint density at radius 1 is 1.24 bits per heavy atom. The van der Waals surface area contributed by atoms with Gasteiger partial charge >= 0.3 is 0 Å². The SMILES string of the molecule is Cc1ccc(CN[C@@H]2C=C[C@H](CO)C2)cc1C. The van der Waals surface area contributed by atoms with Crippen molar-refractivity contribution >= 4 is 0 Å². The molecule has 1 aromatic rings. The van der Waals surface area contributed by atoms with Crippen molar-refractivity contribution in [3.8, 4) is 0 Å². The van der Waals surface area contributed by atoms with E-state index in [1.54, 1.807) is 0 Å². The van der Waals surface area contributed by atoms with Gasteiger partial charge in [-0.1, -0.05) is 30.4 Å². The second kappa shape index (κ2) is 5.48. The second-order valence-electron chi connectivity index (χ2n) is 4.97. The molecular formula is C15H21NO. The minimum atomic E-state index is 0.262. The summed E-state index contributed by atoms with van der Waals surface area (Å²) < 4.78 is 0. The number of aliphatic hydroxyl groups is 1. The molecule has 1 aliphatic carbocycles. The molecule has 0 radical (unpaired) electrons. The molecule has 0 fully saturated rings. The maximum Gasteiger partial charge on any atom is 0.0494 e. The van der Waals surface area contributed by atoms with Crippen LogP contribution in [-0.4, -0.2) is 17.8 Å². The monoisotopic (exact) mass is 231 g/mol. The quantitative estimate of drug-likeness (QED) is 0.780. The Balaban J connectivity index is 1.86. The van der Waals surface area contributed by atoms with Gasteiger partial charge in [0.1, 0.15) is 0 Å². The van der Waals surface area contributed by atoms with E-state index in [-0.39, 0.29) is 6.61 Å². The van der Waals surface area contributed by atoms with Gasteiger partial charge in [0.05, 0.1) is 0 Å². The summed E-state index contributed by atoms with van der Waals surface area (Å²) in [6.07, 6.45) is 5.29. The van der Waals surface area contributed by atoms with Crippen LogP contribution in [0, 0.1) is 19.8 Å². The number of benzene rings is 1. The molecular weight excluding hydrogens is 210 g/mol. The Hall–Kier alpha value is -1.12. The Bertz CT molecular complexity index is 411. The van der Waals surface area contributed by atoms with E-state index in [1.807, 2.05) is 0 Å². The number of rotatable bonds is 4. The topological polar surface area (TPSA) is 32.3 Å². The Labute approximate surface area is 103 Å². The van der Waals surface area contributed by atoms with Crippen LogP contribution in [0.25, 0.3) is 0 Å². The highest BCUT2D eigenvalue weighted by atomic mass is 16.3. The van der Waals surface area contributed by atoms with Crippen molar-refractivity contribution in [1.29, 1.82) is 0 Å². The molecule has 2 nitrogen and oxygen atoms in total. The van der Waals surface area contributed by atoms with Crippen molar-refractivity contribution in [1.82, 2.24) is 5.32 Å². The lowest BCUT2D eigenvalue weighted by Crippen LogP contribution is -2.26. The van der Waals surface area contributed by atoms with E-state index in [1.165, 1.54) is 16.7 Å². The number of hydrogen-bond donors (Lipinski definition) is 2. The zero-order chi connectivity index (χ0) is 12.3. The van der Waals surface area contributed by atoms with Crippen LogP contribution in [0.3, 0.4) is 0 Å². The lowest BCUT2D eigenvalue weighted by molar-refractivity contribution is 0.246. The molecule has 2 atom stereocenters. The molecule has 0 saturated carbocycles. The predicted octanol–water partition coefficient (Wildman–Crippen LogP) is 2.33. The van der Waals surface area contributed by atoms with Gasteiger partial charge in [0.15, 0.2) is 0 Å². The zero-order valence-corrected chi connectivity index (χ0v) is 10.6. The molecule has 92 valence electrons. The van der Waals surface area contributed by atoms with Crippen LogP contribution in [0.5, 0.6) is 0 Å². The third-order valence-electron chi connectivity index (χ3n) is 3.55. The maximum absolute atomic E-state index is 9.06. The van der Waals surface area contributed by atoms with Gasteiger partial charge in [0, 0.05) is 25.1 Å². The molecule has 0 aliphatic heterocycles. The van der Waals surface area contributed by atoms with E-state index in [0.29, 0.717) is 12.0 Å². The fourth-order valence-corrected chi connectivity index (χ4v) is 2.22. The highest BCUT2D eigenvalue weighted by molar-refractivity contribution is 5.29. The van der Waals surface area contributed by atoms with E-state index in [9.17, 15) is 0 Å². The molecule has 0 amide bonds. The van der Waals surface area contributed by atoms with E-state index >= 15 is 0 Å². The summed E-state index contributed by atoms with van der Waals surface area (Å²) in [5.41, 5.74) is 4.02. The van der Waals surface area contributed by atoms with Crippen molar-refractivity contribution < 1.29 is 5.11 Å². The fourth-order valence-electron chi connectivity index (χ4n) is 2.22. The maximum atomic E-state index is 9.06. The first kappa shape index (κ1) is 12.3. The molecule has 0 bridgehead atoms. The summed E-state index contributed by atoms with van der Waals surface area (Å²) in [5.74, 6) is 0.340. The summed E-state index contributed by atoms with van der Waals surface area (Å²) in [4.78, 5) is 0. The minimum Gasteiger partial charge on any atom is -0.396 e. The third-order valence-corrected chi connectivity index (χ3v) is 3.55. The van der Waals surface area contributed by atoms with Crippen LogP contribution in [0.2, 0.25) is 0 Å². The Morgan fingerprint density at radius 2 is 2.06 bits per heavy atom. The molecule has 0 spiro atoms. The van der Waals surface area contributed by atoms with Crippen molar-refractivity contribution in [2.45, 2.75) is 32.9 Å². The number of hydrogen-bond acceptors (Lipinski definition) is 2. The summed E-state index contributed by atoms with van der Waals surface area (Å²) in [6, 6.07) is 7.00. The van der Waals surface area contributed by atoms with Gasteiger partial charge in [-0.2, -0.15) is 0 Å². The average molecular weight is 231 g/mol. The van der Waals surface area contributed by atoms with Crippen molar-refractivity contribution in [2.24, 2.45) is 5.92 Å². The van der Waals surface area contributed by atoms with Gasteiger partial charge in [-0.25, -0.2) is 0 Å². The van der Waals surface area contributed by atoms with E-state index in [2.05, 4.69) is 49.5 Å². The van der Waals surface area contributed by atoms with E-state index in [0.717, 1.165) is 13.0 Å². The van der Waals surface area contributed by atoms with E-state index < -0.39 is 0 Å². The Kier molecular flexibility index (Phi) is 3.97. The fraction of sp³-hybridized carbons (Fsp3) is 0.467. The first-order valence-electron chi connectivity index (χ1n) is 6.27. The molecule has 0 aromatic heterocycles. The van der Waals surface area contributed by atoms with Gasteiger partial charge in [-0.15, -0.1) is 0 Å². The molecule has 1 aromatic carbocycles. The van der Waals surface area contributed by atoms with Crippen molar-refractivity contribution in [2.75, 3.05) is 6.61 Å². The largest absolute Gasteiger partial charge is 0.396 e. The standard InChI is InChI=1S/C15H21NO/c1-11-3-4-13(7-12(11)2)9-16-15-6-5-14(8-15)10-17/h3-7,14-17H,8-10H2,1-2H3/t14-,15+/m0/s1. The molecule has 0 unspecified atom stereocenters. The van der Waals surface area contributed by atoms with E-state index in [4.69, 9.17) is 5.11 Å². The second-order valence-corrected chi connectivity index (χ2v) is 4.97. The van der Waals surface area contributed by atoms with Crippen LogP contribution in [0.4, 0.5) is 0 Å². The number of aliphatic hydroxyl groups excluding tert-OH is 1. The van der Waals surface area contributed by atoms with Crippen molar-refractivity contribution in [3.63, 3.8) is 0 Å².